The van der Waals surface area contributed by atoms with Crippen molar-refractivity contribution in [3.05, 3.63) is 35.9 Å². The standard InChI is InChI=1S/C14H17NO5/c1-19-13(17)12(8-5-9-16)15-14(18)20-10-11-6-3-2-4-7-11/h2-4,6-7,9,12H,5,8,10H2,1H3,(H,15,18)/t12-/m1/s1. The van der Waals surface area contributed by atoms with Crippen LogP contribution in [0.1, 0.15) is 18.4 Å². The molecule has 1 rings (SSSR count). The van der Waals surface area contributed by atoms with E-state index < -0.39 is 18.1 Å². The molecule has 0 aliphatic carbocycles. The maximum atomic E-state index is 11.6. The molecule has 1 atom stereocenters. The van der Waals surface area contributed by atoms with Crippen LogP contribution in [0.3, 0.4) is 0 Å². The highest BCUT2D eigenvalue weighted by Crippen LogP contribution is 2.02. The second kappa shape index (κ2) is 8.68. The molecule has 0 bridgehead atoms. The monoisotopic (exact) mass is 279 g/mol. The molecular weight excluding hydrogens is 262 g/mol. The van der Waals surface area contributed by atoms with E-state index in [-0.39, 0.29) is 19.4 Å². The molecule has 108 valence electrons. The van der Waals surface area contributed by atoms with Crippen molar-refractivity contribution in [2.24, 2.45) is 0 Å². The van der Waals surface area contributed by atoms with Crippen LogP contribution >= 0.6 is 0 Å². The molecule has 0 aliphatic heterocycles. The number of benzene rings is 1. The fourth-order valence-corrected chi connectivity index (χ4v) is 1.53. The molecule has 1 amide bonds. The number of nitrogens with one attached hydrogen (secondary N) is 1. The first-order chi connectivity index (χ1) is 9.67. The molecule has 0 saturated carbocycles. The summed E-state index contributed by atoms with van der Waals surface area (Å²) in [4.78, 5) is 33.3. The minimum absolute atomic E-state index is 0.105. The third-order valence-corrected chi connectivity index (χ3v) is 2.56. The van der Waals surface area contributed by atoms with Crippen molar-refractivity contribution in [1.82, 2.24) is 5.32 Å². The van der Waals surface area contributed by atoms with Crippen molar-refractivity contribution >= 4 is 18.3 Å². The molecule has 0 unspecified atom stereocenters. The van der Waals surface area contributed by atoms with Crippen molar-refractivity contribution in [3.63, 3.8) is 0 Å². The molecule has 0 fully saturated rings. The van der Waals surface area contributed by atoms with Gasteiger partial charge < -0.3 is 19.6 Å². The Morgan fingerprint density at radius 3 is 2.60 bits per heavy atom. The summed E-state index contributed by atoms with van der Waals surface area (Å²) in [7, 11) is 1.22. The minimum atomic E-state index is -0.881. The lowest BCUT2D eigenvalue weighted by molar-refractivity contribution is -0.143. The van der Waals surface area contributed by atoms with Crippen molar-refractivity contribution in [3.8, 4) is 0 Å². The highest BCUT2D eigenvalue weighted by Gasteiger charge is 2.21. The summed E-state index contributed by atoms with van der Waals surface area (Å²) < 4.78 is 9.53. The highest BCUT2D eigenvalue weighted by atomic mass is 16.6. The van der Waals surface area contributed by atoms with Crippen LogP contribution in [0.15, 0.2) is 30.3 Å². The van der Waals surface area contributed by atoms with Crippen LogP contribution in [-0.4, -0.2) is 31.5 Å². The zero-order chi connectivity index (χ0) is 14.8. The third kappa shape index (κ3) is 5.51. The number of hydrogen-bond acceptors (Lipinski definition) is 5. The molecule has 0 aromatic heterocycles. The summed E-state index contributed by atoms with van der Waals surface area (Å²) in [6.07, 6.45) is 0.276. The molecule has 0 aliphatic rings. The molecule has 6 nitrogen and oxygen atoms in total. The van der Waals surface area contributed by atoms with Gasteiger partial charge in [-0.3, -0.25) is 0 Å². The summed E-state index contributed by atoms with van der Waals surface area (Å²) in [5.41, 5.74) is 0.838. The second-order valence-electron chi connectivity index (χ2n) is 4.03. The first-order valence-electron chi connectivity index (χ1n) is 6.16. The van der Waals surface area contributed by atoms with Gasteiger partial charge in [0.2, 0.25) is 0 Å². The lowest BCUT2D eigenvalue weighted by Gasteiger charge is -2.15. The van der Waals surface area contributed by atoms with Crippen LogP contribution < -0.4 is 5.32 Å². The van der Waals surface area contributed by atoms with Crippen LogP contribution in [0.4, 0.5) is 4.79 Å². The molecule has 1 aromatic rings. The molecule has 0 spiro atoms. The average Bonchev–Trinajstić information content (AvgIpc) is 2.49. The first kappa shape index (κ1) is 15.7. The number of aldehydes is 1. The van der Waals surface area contributed by atoms with E-state index in [9.17, 15) is 14.4 Å². The van der Waals surface area contributed by atoms with Gasteiger partial charge in [0.25, 0.3) is 0 Å². The zero-order valence-electron chi connectivity index (χ0n) is 11.2. The fourth-order valence-electron chi connectivity index (χ4n) is 1.53. The Kier molecular flexibility index (Phi) is 6.81. The molecule has 1 N–H and O–H groups in total. The zero-order valence-corrected chi connectivity index (χ0v) is 11.2. The van der Waals surface area contributed by atoms with Gasteiger partial charge in [0.15, 0.2) is 0 Å². The third-order valence-electron chi connectivity index (χ3n) is 2.56. The van der Waals surface area contributed by atoms with Crippen LogP contribution in [0.5, 0.6) is 0 Å². The van der Waals surface area contributed by atoms with Crippen LogP contribution in [-0.2, 0) is 25.7 Å². The summed E-state index contributed by atoms with van der Waals surface area (Å²) in [6, 6.07) is 8.27. The predicted octanol–water partition coefficient (Wildman–Crippen LogP) is 1.43. The van der Waals surface area contributed by atoms with E-state index in [0.29, 0.717) is 6.29 Å². The maximum Gasteiger partial charge on any atom is 0.408 e. The summed E-state index contributed by atoms with van der Waals surface area (Å²) >= 11 is 0. The number of methoxy groups -OCH3 is 1. The lowest BCUT2D eigenvalue weighted by Crippen LogP contribution is -2.41. The second-order valence-corrected chi connectivity index (χ2v) is 4.03. The Hall–Kier alpha value is -2.37. The highest BCUT2D eigenvalue weighted by molar-refractivity contribution is 5.81. The van der Waals surface area contributed by atoms with Gasteiger partial charge in [-0.1, -0.05) is 30.3 Å². The number of amides is 1. The van der Waals surface area contributed by atoms with Gasteiger partial charge in [-0.2, -0.15) is 0 Å². The van der Waals surface area contributed by atoms with E-state index in [1.54, 1.807) is 0 Å². The van der Waals surface area contributed by atoms with E-state index in [4.69, 9.17) is 4.74 Å². The molecular formula is C14H17NO5. The minimum Gasteiger partial charge on any atom is -0.467 e. The van der Waals surface area contributed by atoms with Crippen LogP contribution in [0, 0.1) is 0 Å². The number of carbonyl (C=O) groups excluding carboxylic acids is 3. The van der Waals surface area contributed by atoms with E-state index in [2.05, 4.69) is 10.1 Å². The Morgan fingerprint density at radius 2 is 2.00 bits per heavy atom. The van der Waals surface area contributed by atoms with Crippen LogP contribution in [0.2, 0.25) is 0 Å². The van der Waals surface area contributed by atoms with Gasteiger partial charge >= 0.3 is 12.1 Å². The van der Waals surface area contributed by atoms with E-state index in [0.717, 1.165) is 5.56 Å². The van der Waals surface area contributed by atoms with Crippen LogP contribution in [0.25, 0.3) is 0 Å². The Labute approximate surface area is 117 Å². The largest absolute Gasteiger partial charge is 0.467 e. The quantitative estimate of drug-likeness (QED) is 0.603. The smallest absolute Gasteiger partial charge is 0.408 e. The SMILES string of the molecule is COC(=O)[C@@H](CCC=O)NC(=O)OCc1ccccc1. The Bertz CT molecular complexity index is 446. The number of ether oxygens (including phenoxy) is 2. The summed E-state index contributed by atoms with van der Waals surface area (Å²) in [5.74, 6) is -0.608. The van der Waals surface area contributed by atoms with Gasteiger partial charge in [0.05, 0.1) is 7.11 Å². The van der Waals surface area contributed by atoms with Gasteiger partial charge in [0, 0.05) is 6.42 Å². The fraction of sp³-hybridized carbons (Fsp3) is 0.357. The molecule has 0 saturated heterocycles. The number of hydrogen-bond donors (Lipinski definition) is 1. The van der Waals surface area contributed by atoms with E-state index in [1.165, 1.54) is 7.11 Å². The Morgan fingerprint density at radius 1 is 1.30 bits per heavy atom. The van der Waals surface area contributed by atoms with Crippen molar-refractivity contribution in [2.75, 3.05) is 7.11 Å². The lowest BCUT2D eigenvalue weighted by atomic mass is 10.2. The van der Waals surface area contributed by atoms with Crippen molar-refractivity contribution in [2.45, 2.75) is 25.5 Å². The molecule has 6 heteroatoms. The topological polar surface area (TPSA) is 81.7 Å². The molecule has 1 aromatic carbocycles. The summed E-state index contributed by atoms with van der Waals surface area (Å²) in [5, 5.41) is 2.38. The van der Waals surface area contributed by atoms with Gasteiger partial charge in [0.1, 0.15) is 18.9 Å². The van der Waals surface area contributed by atoms with Gasteiger partial charge in [-0.15, -0.1) is 0 Å². The number of esters is 1. The predicted molar refractivity (Wildman–Crippen MR) is 70.9 cm³/mol. The average molecular weight is 279 g/mol. The molecule has 0 radical (unpaired) electrons. The Balaban J connectivity index is 2.44. The molecule has 0 heterocycles. The van der Waals surface area contributed by atoms with E-state index >= 15 is 0 Å². The number of rotatable bonds is 7. The molecule has 20 heavy (non-hydrogen) atoms. The first-order valence-corrected chi connectivity index (χ1v) is 6.16. The number of carbonyl (C=O) groups is 3. The van der Waals surface area contributed by atoms with E-state index in [1.807, 2.05) is 30.3 Å². The maximum absolute atomic E-state index is 11.6. The normalized spacial score (nSPS) is 11.2. The van der Waals surface area contributed by atoms with Gasteiger partial charge in [-0.05, 0) is 12.0 Å². The number of alkyl carbamates (subject to hydrolysis) is 1. The summed E-state index contributed by atoms with van der Waals surface area (Å²) in [6.45, 7) is 0.105. The van der Waals surface area contributed by atoms with Crippen molar-refractivity contribution in [1.29, 1.82) is 0 Å². The van der Waals surface area contributed by atoms with Crippen molar-refractivity contribution < 1.29 is 23.9 Å². The van der Waals surface area contributed by atoms with Gasteiger partial charge in [-0.25, -0.2) is 9.59 Å².